The Labute approximate surface area is 98.8 Å². The van der Waals surface area contributed by atoms with E-state index < -0.39 is 0 Å². The van der Waals surface area contributed by atoms with Gasteiger partial charge >= 0.3 is 0 Å². The highest BCUT2D eigenvalue weighted by atomic mass is 35.5. The molecule has 4 heteroatoms. The van der Waals surface area contributed by atoms with Crippen LogP contribution in [0.4, 0.5) is 4.39 Å². The van der Waals surface area contributed by atoms with Crippen LogP contribution in [0.5, 0.6) is 0 Å². The van der Waals surface area contributed by atoms with Crippen molar-refractivity contribution < 1.29 is 9.18 Å². The first-order chi connectivity index (χ1) is 7.66. The van der Waals surface area contributed by atoms with Crippen molar-refractivity contribution >= 4 is 17.5 Å². The predicted octanol–water partition coefficient (Wildman–Crippen LogP) is 2.21. The molecule has 0 saturated heterocycles. The van der Waals surface area contributed by atoms with E-state index in [1.54, 1.807) is 12.1 Å². The maximum absolute atomic E-state index is 13.1. The van der Waals surface area contributed by atoms with Gasteiger partial charge < -0.3 is 5.32 Å². The summed E-state index contributed by atoms with van der Waals surface area (Å²) in [5.74, 6) is -0.434. The minimum absolute atomic E-state index is 0.0285. The fourth-order valence-electron chi connectivity index (χ4n) is 1.85. The standard InChI is InChI=1S/C12H13ClFNO/c13-7-11(16)15-8-12(4-5-12)9-2-1-3-10(14)6-9/h1-3,6H,4-5,7-8H2,(H,15,16). The van der Waals surface area contributed by atoms with E-state index in [0.29, 0.717) is 6.54 Å². The van der Waals surface area contributed by atoms with Gasteiger partial charge in [0.2, 0.25) is 5.91 Å². The van der Waals surface area contributed by atoms with Gasteiger partial charge in [0, 0.05) is 12.0 Å². The maximum atomic E-state index is 13.1. The second kappa shape index (κ2) is 4.42. The molecule has 0 bridgehead atoms. The molecule has 1 amide bonds. The van der Waals surface area contributed by atoms with E-state index in [1.807, 2.05) is 6.07 Å². The lowest BCUT2D eigenvalue weighted by Crippen LogP contribution is -2.32. The zero-order valence-electron chi connectivity index (χ0n) is 8.80. The minimum atomic E-state index is -0.229. The van der Waals surface area contributed by atoms with Gasteiger partial charge in [-0.1, -0.05) is 12.1 Å². The number of nitrogens with one attached hydrogen (secondary N) is 1. The lowest BCUT2D eigenvalue weighted by atomic mass is 9.96. The first kappa shape index (κ1) is 11.4. The van der Waals surface area contributed by atoms with Crippen molar-refractivity contribution in [3.8, 4) is 0 Å². The summed E-state index contributed by atoms with van der Waals surface area (Å²) in [5, 5.41) is 2.76. The zero-order chi connectivity index (χ0) is 11.6. The summed E-state index contributed by atoms with van der Waals surface area (Å²) in [5.41, 5.74) is 0.895. The SMILES string of the molecule is O=C(CCl)NCC1(c2cccc(F)c2)CC1. The third-order valence-electron chi connectivity index (χ3n) is 3.04. The number of carbonyl (C=O) groups excluding carboxylic acids is 1. The fourth-order valence-corrected chi connectivity index (χ4v) is 1.95. The van der Waals surface area contributed by atoms with Crippen LogP contribution in [0, 0.1) is 5.82 Å². The molecule has 2 rings (SSSR count). The van der Waals surface area contributed by atoms with Gasteiger partial charge in [-0.2, -0.15) is 0 Å². The number of hydrogen-bond acceptors (Lipinski definition) is 1. The molecule has 1 N–H and O–H groups in total. The molecule has 1 aliphatic carbocycles. The summed E-state index contributed by atoms with van der Waals surface area (Å²) in [6.07, 6.45) is 1.97. The molecule has 0 aromatic heterocycles. The summed E-state index contributed by atoms with van der Waals surface area (Å²) in [4.78, 5) is 11.1. The largest absolute Gasteiger partial charge is 0.354 e. The number of alkyl halides is 1. The first-order valence-corrected chi connectivity index (χ1v) is 5.78. The Bertz CT molecular complexity index is 404. The molecule has 16 heavy (non-hydrogen) atoms. The molecule has 0 unspecified atom stereocenters. The van der Waals surface area contributed by atoms with E-state index in [9.17, 15) is 9.18 Å². The van der Waals surface area contributed by atoms with Gasteiger partial charge in [-0.3, -0.25) is 4.79 Å². The van der Waals surface area contributed by atoms with Gasteiger partial charge in [-0.05, 0) is 30.5 Å². The van der Waals surface area contributed by atoms with Gasteiger partial charge in [0.15, 0.2) is 0 Å². The summed E-state index contributed by atoms with van der Waals surface area (Å²) in [6, 6.07) is 6.58. The molecule has 0 radical (unpaired) electrons. The number of rotatable bonds is 4. The lowest BCUT2D eigenvalue weighted by molar-refractivity contribution is -0.118. The molecule has 1 aromatic carbocycles. The molecule has 2 nitrogen and oxygen atoms in total. The third kappa shape index (κ3) is 2.35. The van der Waals surface area contributed by atoms with Crippen molar-refractivity contribution in [2.45, 2.75) is 18.3 Å². The average molecular weight is 242 g/mol. The smallest absolute Gasteiger partial charge is 0.234 e. The highest BCUT2D eigenvalue weighted by molar-refractivity contribution is 6.27. The fraction of sp³-hybridized carbons (Fsp3) is 0.417. The first-order valence-electron chi connectivity index (χ1n) is 5.25. The van der Waals surface area contributed by atoms with Gasteiger partial charge in [0.25, 0.3) is 0 Å². The highest BCUT2D eigenvalue weighted by Gasteiger charge is 2.44. The van der Waals surface area contributed by atoms with Crippen LogP contribution in [-0.2, 0) is 10.2 Å². The molecule has 0 heterocycles. The Morgan fingerprint density at radius 1 is 1.50 bits per heavy atom. The van der Waals surface area contributed by atoms with Crippen LogP contribution in [0.15, 0.2) is 24.3 Å². The molecule has 1 aliphatic rings. The third-order valence-corrected chi connectivity index (χ3v) is 3.28. The maximum Gasteiger partial charge on any atom is 0.234 e. The molecule has 86 valence electrons. The molecule has 1 aromatic rings. The second-order valence-electron chi connectivity index (χ2n) is 4.20. The lowest BCUT2D eigenvalue weighted by Gasteiger charge is -2.16. The summed E-state index contributed by atoms with van der Waals surface area (Å²) < 4.78 is 13.1. The van der Waals surface area contributed by atoms with Crippen molar-refractivity contribution in [1.29, 1.82) is 0 Å². The predicted molar refractivity (Wildman–Crippen MR) is 61.0 cm³/mol. The quantitative estimate of drug-likeness (QED) is 0.805. The van der Waals surface area contributed by atoms with E-state index in [1.165, 1.54) is 6.07 Å². The molecular weight excluding hydrogens is 229 g/mol. The van der Waals surface area contributed by atoms with Crippen LogP contribution in [0.2, 0.25) is 0 Å². The van der Waals surface area contributed by atoms with Crippen LogP contribution >= 0.6 is 11.6 Å². The molecule has 1 saturated carbocycles. The van der Waals surface area contributed by atoms with Crippen molar-refractivity contribution in [3.05, 3.63) is 35.6 Å². The van der Waals surface area contributed by atoms with E-state index in [-0.39, 0.29) is 23.0 Å². The van der Waals surface area contributed by atoms with E-state index in [4.69, 9.17) is 11.6 Å². The summed E-state index contributed by atoms with van der Waals surface area (Å²) in [6.45, 7) is 0.544. The van der Waals surface area contributed by atoms with Crippen LogP contribution in [-0.4, -0.2) is 18.3 Å². The second-order valence-corrected chi connectivity index (χ2v) is 4.47. The van der Waals surface area contributed by atoms with Gasteiger partial charge in [0.05, 0.1) is 0 Å². The van der Waals surface area contributed by atoms with E-state index in [0.717, 1.165) is 18.4 Å². The van der Waals surface area contributed by atoms with Crippen molar-refractivity contribution in [2.24, 2.45) is 0 Å². The number of halogens is 2. The Kier molecular flexibility index (Phi) is 3.15. The van der Waals surface area contributed by atoms with Gasteiger partial charge in [-0.25, -0.2) is 4.39 Å². The van der Waals surface area contributed by atoms with Gasteiger partial charge in [0.1, 0.15) is 11.7 Å². The molecular formula is C12H13ClFNO. The van der Waals surface area contributed by atoms with Crippen LogP contribution in [0.3, 0.4) is 0 Å². The van der Waals surface area contributed by atoms with E-state index in [2.05, 4.69) is 5.32 Å². The Balaban J connectivity index is 2.05. The molecule has 1 fully saturated rings. The number of amides is 1. The van der Waals surface area contributed by atoms with Crippen LogP contribution in [0.1, 0.15) is 18.4 Å². The number of carbonyl (C=O) groups is 1. The minimum Gasteiger partial charge on any atom is -0.354 e. The van der Waals surface area contributed by atoms with Crippen LogP contribution in [0.25, 0.3) is 0 Å². The number of hydrogen-bond donors (Lipinski definition) is 1. The van der Waals surface area contributed by atoms with Crippen molar-refractivity contribution in [1.82, 2.24) is 5.32 Å². The summed E-state index contributed by atoms with van der Waals surface area (Å²) >= 11 is 5.40. The zero-order valence-corrected chi connectivity index (χ0v) is 9.56. The van der Waals surface area contributed by atoms with E-state index >= 15 is 0 Å². The van der Waals surface area contributed by atoms with Crippen LogP contribution < -0.4 is 5.32 Å². The highest BCUT2D eigenvalue weighted by Crippen LogP contribution is 2.47. The van der Waals surface area contributed by atoms with Crippen molar-refractivity contribution in [2.75, 3.05) is 12.4 Å². The average Bonchev–Trinajstić information content (AvgIpc) is 3.07. The normalized spacial score (nSPS) is 16.9. The van der Waals surface area contributed by atoms with Crippen molar-refractivity contribution in [3.63, 3.8) is 0 Å². The molecule has 0 spiro atoms. The van der Waals surface area contributed by atoms with Gasteiger partial charge in [-0.15, -0.1) is 11.6 Å². The Hall–Kier alpha value is -1.09. The number of benzene rings is 1. The molecule has 0 aliphatic heterocycles. The topological polar surface area (TPSA) is 29.1 Å². The Morgan fingerprint density at radius 2 is 2.25 bits per heavy atom. The monoisotopic (exact) mass is 241 g/mol. The Morgan fingerprint density at radius 3 is 2.81 bits per heavy atom. The summed E-state index contributed by atoms with van der Waals surface area (Å²) in [7, 11) is 0. The molecule has 0 atom stereocenters.